The van der Waals surface area contributed by atoms with E-state index in [-0.39, 0.29) is 5.91 Å². The Hall–Kier alpha value is -3.87. The fourth-order valence-corrected chi connectivity index (χ4v) is 3.16. The van der Waals surface area contributed by atoms with Crippen LogP contribution < -0.4 is 10.1 Å². The molecule has 7 heteroatoms. The fraction of sp³-hybridized carbons (Fsp3) is 0.174. The average Bonchev–Trinajstić information content (AvgIpc) is 3.39. The second kappa shape index (κ2) is 7.87. The summed E-state index contributed by atoms with van der Waals surface area (Å²) >= 11 is 0. The molecule has 0 aliphatic carbocycles. The Morgan fingerprint density at radius 3 is 2.67 bits per heavy atom. The predicted molar refractivity (Wildman–Crippen MR) is 114 cm³/mol. The van der Waals surface area contributed by atoms with Gasteiger partial charge in [0.2, 0.25) is 5.89 Å². The van der Waals surface area contributed by atoms with E-state index < -0.39 is 0 Å². The largest absolute Gasteiger partial charge is 0.494 e. The minimum Gasteiger partial charge on any atom is -0.494 e. The van der Waals surface area contributed by atoms with E-state index in [0.29, 0.717) is 23.0 Å². The molecule has 0 radical (unpaired) electrons. The molecule has 2 aromatic carbocycles. The van der Waals surface area contributed by atoms with Crippen molar-refractivity contribution in [2.75, 3.05) is 12.4 Å². The number of anilines is 1. The van der Waals surface area contributed by atoms with Crippen molar-refractivity contribution in [3.8, 4) is 22.9 Å². The van der Waals surface area contributed by atoms with Gasteiger partial charge in [-0.2, -0.15) is 5.10 Å². The van der Waals surface area contributed by atoms with E-state index in [2.05, 4.69) is 15.4 Å². The number of oxazole rings is 1. The second-order valence-electron chi connectivity index (χ2n) is 7.10. The lowest BCUT2D eigenvalue weighted by Gasteiger charge is -2.09. The summed E-state index contributed by atoms with van der Waals surface area (Å²) in [7, 11) is 1.61. The van der Waals surface area contributed by atoms with Crippen LogP contribution >= 0.6 is 0 Å². The highest BCUT2D eigenvalue weighted by atomic mass is 16.5. The number of rotatable bonds is 5. The Kier molecular flexibility index (Phi) is 5.10. The van der Waals surface area contributed by atoms with Gasteiger partial charge in [-0.05, 0) is 62.2 Å². The highest BCUT2D eigenvalue weighted by Crippen LogP contribution is 2.27. The normalized spacial score (nSPS) is 10.8. The third-order valence-corrected chi connectivity index (χ3v) is 4.75. The van der Waals surface area contributed by atoms with Gasteiger partial charge in [0.15, 0.2) is 5.69 Å². The van der Waals surface area contributed by atoms with E-state index in [1.54, 1.807) is 30.3 Å². The summed E-state index contributed by atoms with van der Waals surface area (Å²) in [5, 5.41) is 7.31. The summed E-state index contributed by atoms with van der Waals surface area (Å²) in [5.74, 6) is 0.899. The van der Waals surface area contributed by atoms with Crippen LogP contribution in [0.5, 0.6) is 5.75 Å². The minimum absolute atomic E-state index is 0.299. The van der Waals surface area contributed by atoms with Crippen molar-refractivity contribution in [3.05, 3.63) is 77.4 Å². The van der Waals surface area contributed by atoms with Crippen LogP contribution in [0.25, 0.3) is 17.1 Å². The first-order valence-corrected chi connectivity index (χ1v) is 9.50. The number of hydrogen-bond acceptors (Lipinski definition) is 5. The van der Waals surface area contributed by atoms with E-state index in [1.165, 1.54) is 0 Å². The maximum Gasteiger partial charge on any atom is 0.276 e. The lowest BCUT2D eigenvalue weighted by molar-refractivity contribution is 0.102. The molecule has 0 saturated heterocycles. The summed E-state index contributed by atoms with van der Waals surface area (Å²) in [6, 6.07) is 13.1. The number of carbonyl (C=O) groups excluding carboxylic acids is 1. The Morgan fingerprint density at radius 2 is 1.93 bits per heavy atom. The number of nitrogens with one attached hydrogen (secondary N) is 1. The number of methoxy groups -OCH3 is 1. The number of nitrogens with zero attached hydrogens (tertiary/aromatic N) is 3. The molecule has 0 saturated carbocycles. The van der Waals surface area contributed by atoms with Gasteiger partial charge >= 0.3 is 0 Å². The first-order valence-electron chi connectivity index (χ1n) is 9.50. The van der Waals surface area contributed by atoms with Crippen LogP contribution in [0.4, 0.5) is 5.69 Å². The summed E-state index contributed by atoms with van der Waals surface area (Å²) in [4.78, 5) is 17.1. The molecule has 2 aromatic heterocycles. The molecular weight excluding hydrogens is 380 g/mol. The monoisotopic (exact) mass is 402 g/mol. The lowest BCUT2D eigenvalue weighted by atomic mass is 10.1. The second-order valence-corrected chi connectivity index (χ2v) is 7.10. The van der Waals surface area contributed by atoms with E-state index in [4.69, 9.17) is 9.15 Å². The lowest BCUT2D eigenvalue weighted by Crippen LogP contribution is -2.13. The molecule has 0 unspecified atom stereocenters. The number of aromatic nitrogens is 3. The molecule has 0 aliphatic rings. The zero-order chi connectivity index (χ0) is 21.3. The van der Waals surface area contributed by atoms with Crippen LogP contribution in [0.15, 0.2) is 59.3 Å². The van der Waals surface area contributed by atoms with Crippen molar-refractivity contribution in [2.24, 2.45) is 0 Å². The zero-order valence-corrected chi connectivity index (χ0v) is 17.3. The third kappa shape index (κ3) is 3.82. The third-order valence-electron chi connectivity index (χ3n) is 4.75. The molecule has 30 heavy (non-hydrogen) atoms. The standard InChI is InChI=1S/C23H22N4O3/c1-14-5-8-21(29-4)20(11-14)27-10-9-19(26-27)22(28)25-17-7-6-15(2)18(12-17)23-24-16(3)13-30-23/h5-13H,1-4H3,(H,25,28). The highest BCUT2D eigenvalue weighted by Gasteiger charge is 2.15. The summed E-state index contributed by atoms with van der Waals surface area (Å²) in [6.45, 7) is 5.83. The summed E-state index contributed by atoms with van der Waals surface area (Å²) < 4.78 is 12.6. The molecule has 0 spiro atoms. The molecule has 1 amide bonds. The first kappa shape index (κ1) is 19.4. The molecule has 152 valence electrons. The quantitative estimate of drug-likeness (QED) is 0.523. The van der Waals surface area contributed by atoms with Crippen LogP contribution in [-0.2, 0) is 0 Å². The molecule has 4 rings (SSSR count). The van der Waals surface area contributed by atoms with E-state index in [0.717, 1.165) is 28.1 Å². The number of benzene rings is 2. The van der Waals surface area contributed by atoms with Gasteiger partial charge in [-0.3, -0.25) is 4.79 Å². The number of amides is 1. The Balaban J connectivity index is 1.58. The van der Waals surface area contributed by atoms with Crippen LogP contribution in [-0.4, -0.2) is 27.8 Å². The fourth-order valence-electron chi connectivity index (χ4n) is 3.16. The van der Waals surface area contributed by atoms with Gasteiger partial charge in [0.1, 0.15) is 17.7 Å². The summed E-state index contributed by atoms with van der Waals surface area (Å²) in [6.07, 6.45) is 3.34. The number of ether oxygens (including phenoxy) is 1. The summed E-state index contributed by atoms with van der Waals surface area (Å²) in [5.41, 5.74) is 5.42. The van der Waals surface area contributed by atoms with Gasteiger partial charge in [-0.25, -0.2) is 9.67 Å². The Morgan fingerprint density at radius 1 is 1.10 bits per heavy atom. The van der Waals surface area contributed by atoms with E-state index >= 15 is 0 Å². The molecule has 0 bridgehead atoms. The van der Waals surface area contributed by atoms with Crippen LogP contribution in [0.1, 0.15) is 27.3 Å². The Labute approximate surface area is 174 Å². The van der Waals surface area contributed by atoms with Crippen LogP contribution in [0.2, 0.25) is 0 Å². The molecule has 2 heterocycles. The van der Waals surface area contributed by atoms with Crippen molar-refractivity contribution < 1.29 is 13.9 Å². The van der Waals surface area contributed by atoms with Gasteiger partial charge in [-0.15, -0.1) is 0 Å². The Bertz CT molecular complexity index is 1220. The maximum absolute atomic E-state index is 12.8. The SMILES string of the molecule is COc1ccc(C)cc1-n1ccc(C(=O)Nc2ccc(C)c(-c3nc(C)co3)c2)n1. The smallest absolute Gasteiger partial charge is 0.276 e. The van der Waals surface area contributed by atoms with Gasteiger partial charge in [0, 0.05) is 17.4 Å². The molecule has 1 N–H and O–H groups in total. The van der Waals surface area contributed by atoms with Crippen molar-refractivity contribution in [3.63, 3.8) is 0 Å². The predicted octanol–water partition coefficient (Wildman–Crippen LogP) is 4.71. The van der Waals surface area contributed by atoms with Crippen LogP contribution in [0, 0.1) is 20.8 Å². The maximum atomic E-state index is 12.8. The minimum atomic E-state index is -0.307. The van der Waals surface area contributed by atoms with Gasteiger partial charge in [-0.1, -0.05) is 12.1 Å². The van der Waals surface area contributed by atoms with E-state index in [9.17, 15) is 4.79 Å². The average molecular weight is 402 g/mol. The molecule has 7 nitrogen and oxygen atoms in total. The zero-order valence-electron chi connectivity index (χ0n) is 17.3. The molecular formula is C23H22N4O3. The number of carbonyl (C=O) groups is 1. The molecule has 0 fully saturated rings. The molecule has 4 aromatic rings. The topological polar surface area (TPSA) is 82.2 Å². The van der Waals surface area contributed by atoms with Crippen molar-refractivity contribution >= 4 is 11.6 Å². The van der Waals surface area contributed by atoms with Crippen molar-refractivity contribution in [2.45, 2.75) is 20.8 Å². The molecule has 0 aliphatic heterocycles. The van der Waals surface area contributed by atoms with Gasteiger partial charge in [0.25, 0.3) is 5.91 Å². The highest BCUT2D eigenvalue weighted by molar-refractivity contribution is 6.03. The van der Waals surface area contributed by atoms with Gasteiger partial charge in [0.05, 0.1) is 12.8 Å². The van der Waals surface area contributed by atoms with E-state index in [1.807, 2.05) is 57.2 Å². The number of hydrogen-bond donors (Lipinski definition) is 1. The van der Waals surface area contributed by atoms with Crippen molar-refractivity contribution in [1.82, 2.24) is 14.8 Å². The first-order chi connectivity index (χ1) is 14.4. The van der Waals surface area contributed by atoms with Crippen molar-refractivity contribution in [1.29, 1.82) is 0 Å². The van der Waals surface area contributed by atoms with Gasteiger partial charge < -0.3 is 14.5 Å². The number of aryl methyl sites for hydroxylation is 3. The van der Waals surface area contributed by atoms with Crippen LogP contribution in [0.3, 0.4) is 0 Å². The molecule has 0 atom stereocenters.